The predicted octanol–water partition coefficient (Wildman–Crippen LogP) is 4.35. The van der Waals surface area contributed by atoms with Crippen LogP contribution in [0.3, 0.4) is 0 Å². The Balaban J connectivity index is 3.17. The van der Waals surface area contributed by atoms with E-state index in [-0.39, 0.29) is 20.1 Å². The van der Waals surface area contributed by atoms with Crippen LogP contribution in [-0.2, 0) is 0 Å². The molecule has 0 radical (unpaired) electrons. The molecular weight excluding hydrogens is 320 g/mol. The van der Waals surface area contributed by atoms with Crippen molar-refractivity contribution in [3.63, 3.8) is 0 Å². The molecule has 1 aromatic rings. The van der Waals surface area contributed by atoms with Gasteiger partial charge in [0.25, 0.3) is 0 Å². The highest BCUT2D eigenvalue weighted by Gasteiger charge is 2.39. The van der Waals surface area contributed by atoms with Gasteiger partial charge in [0.15, 0.2) is 6.10 Å². The van der Waals surface area contributed by atoms with Crippen molar-refractivity contribution in [2.75, 3.05) is 0 Å². The molecule has 0 saturated carbocycles. The van der Waals surface area contributed by atoms with E-state index in [1.165, 1.54) is 0 Å². The van der Waals surface area contributed by atoms with E-state index in [9.17, 15) is 13.2 Å². The average molecular weight is 324 g/mol. The third-order valence-electron chi connectivity index (χ3n) is 1.63. The Kier molecular flexibility index (Phi) is 3.92. The van der Waals surface area contributed by atoms with Crippen LogP contribution < -0.4 is 0 Å². The molecule has 1 N–H and O–H groups in total. The smallest absolute Gasteiger partial charge is 0.379 e. The summed E-state index contributed by atoms with van der Waals surface area (Å²) < 4.78 is 36.7. The normalized spacial score (nSPS) is 14.1. The van der Waals surface area contributed by atoms with Crippen molar-refractivity contribution >= 4 is 39.1 Å². The van der Waals surface area contributed by atoms with E-state index in [1.54, 1.807) is 0 Å². The zero-order valence-corrected chi connectivity index (χ0v) is 10.0. The van der Waals surface area contributed by atoms with Gasteiger partial charge in [-0.25, -0.2) is 0 Å². The van der Waals surface area contributed by atoms with Gasteiger partial charge in [0, 0.05) is 4.47 Å². The first-order valence-corrected chi connectivity index (χ1v) is 5.17. The Morgan fingerprint density at radius 1 is 1.27 bits per heavy atom. The average Bonchev–Trinajstić information content (AvgIpc) is 2.10. The van der Waals surface area contributed by atoms with E-state index in [0.717, 1.165) is 12.1 Å². The number of aliphatic hydroxyl groups excluding tert-OH is 1. The molecule has 84 valence electrons. The number of aliphatic hydroxyl groups is 1. The minimum atomic E-state index is -4.73. The van der Waals surface area contributed by atoms with Gasteiger partial charge in [-0.15, -0.1) is 0 Å². The van der Waals surface area contributed by atoms with Gasteiger partial charge >= 0.3 is 6.18 Å². The number of hydrogen-bond acceptors (Lipinski definition) is 1. The second-order valence-corrected chi connectivity index (χ2v) is 4.38. The molecule has 0 fully saturated rings. The fourth-order valence-electron chi connectivity index (χ4n) is 0.922. The van der Waals surface area contributed by atoms with E-state index < -0.39 is 12.3 Å². The largest absolute Gasteiger partial charge is 0.418 e. The molecule has 0 heterocycles. The maximum Gasteiger partial charge on any atom is 0.418 e. The molecule has 0 bridgehead atoms. The van der Waals surface area contributed by atoms with Gasteiger partial charge in [0.2, 0.25) is 0 Å². The fourth-order valence-corrected chi connectivity index (χ4v) is 1.85. The first kappa shape index (κ1) is 13.1. The highest BCUT2D eigenvalue weighted by atomic mass is 79.9. The molecule has 1 rings (SSSR count). The summed E-state index contributed by atoms with van der Waals surface area (Å²) in [6.07, 6.45) is -7.29. The quantitative estimate of drug-likeness (QED) is 0.762. The lowest BCUT2D eigenvalue weighted by Gasteiger charge is -2.15. The van der Waals surface area contributed by atoms with Crippen LogP contribution in [0.5, 0.6) is 0 Å². The first-order valence-electron chi connectivity index (χ1n) is 3.62. The third kappa shape index (κ3) is 3.00. The lowest BCUT2D eigenvalue weighted by atomic mass is 10.1. The first-order chi connectivity index (χ1) is 6.73. The van der Waals surface area contributed by atoms with Crippen LogP contribution in [-0.4, -0.2) is 11.3 Å². The van der Waals surface area contributed by atoms with Gasteiger partial charge in [-0.3, -0.25) is 0 Å². The van der Waals surface area contributed by atoms with Crippen molar-refractivity contribution in [3.8, 4) is 0 Å². The van der Waals surface area contributed by atoms with Crippen molar-refractivity contribution in [1.29, 1.82) is 0 Å². The standard InChI is InChI=1S/C8H4BrCl2F3O/c9-4-1-3(2-5(10)6(4)11)7(15)8(12,13)14/h1-2,7,15H/t7-/m0/s1. The summed E-state index contributed by atoms with van der Waals surface area (Å²) in [6, 6.07) is 2.05. The Bertz CT molecular complexity index is 358. The molecule has 1 atom stereocenters. The molecule has 0 aliphatic rings. The summed E-state index contributed by atoms with van der Waals surface area (Å²) in [7, 11) is 0. The van der Waals surface area contributed by atoms with E-state index in [1.807, 2.05) is 0 Å². The SMILES string of the molecule is O[C@@H](c1cc(Cl)c(Cl)c(Br)c1)C(F)(F)F. The minimum absolute atomic E-state index is 0.0515. The Morgan fingerprint density at radius 2 is 1.80 bits per heavy atom. The van der Waals surface area contributed by atoms with Crippen LogP contribution in [0.25, 0.3) is 0 Å². The summed E-state index contributed by atoms with van der Waals surface area (Å²) in [5, 5.41) is 9.00. The summed E-state index contributed by atoms with van der Waals surface area (Å²) in [5.41, 5.74) is -0.358. The summed E-state index contributed by atoms with van der Waals surface area (Å²) in [6.45, 7) is 0. The number of rotatable bonds is 1. The molecule has 0 saturated heterocycles. The second kappa shape index (κ2) is 4.49. The lowest BCUT2D eigenvalue weighted by molar-refractivity contribution is -0.206. The molecule has 0 amide bonds. The maximum atomic E-state index is 12.2. The summed E-state index contributed by atoms with van der Waals surface area (Å²) in [5.74, 6) is 0. The van der Waals surface area contributed by atoms with Crippen molar-refractivity contribution in [2.24, 2.45) is 0 Å². The number of halogens is 6. The highest BCUT2D eigenvalue weighted by molar-refractivity contribution is 9.10. The van der Waals surface area contributed by atoms with E-state index in [0.29, 0.717) is 0 Å². The van der Waals surface area contributed by atoms with Crippen molar-refractivity contribution < 1.29 is 18.3 Å². The Hall–Kier alpha value is 0.0300. The van der Waals surface area contributed by atoms with E-state index in [4.69, 9.17) is 28.3 Å². The summed E-state index contributed by atoms with van der Waals surface area (Å²) in [4.78, 5) is 0. The van der Waals surface area contributed by atoms with Crippen LogP contribution in [0.4, 0.5) is 13.2 Å². The molecule has 1 aromatic carbocycles. The van der Waals surface area contributed by atoms with E-state index in [2.05, 4.69) is 15.9 Å². The van der Waals surface area contributed by atoms with Crippen LogP contribution in [0, 0.1) is 0 Å². The lowest BCUT2D eigenvalue weighted by Crippen LogP contribution is -2.20. The van der Waals surface area contributed by atoms with Gasteiger partial charge in [0.05, 0.1) is 10.0 Å². The number of alkyl halides is 3. The monoisotopic (exact) mass is 322 g/mol. The van der Waals surface area contributed by atoms with Gasteiger partial charge in [0.1, 0.15) is 0 Å². The van der Waals surface area contributed by atoms with E-state index >= 15 is 0 Å². The predicted molar refractivity (Wildman–Crippen MR) is 55.2 cm³/mol. The number of hydrogen-bond donors (Lipinski definition) is 1. The number of benzene rings is 1. The van der Waals surface area contributed by atoms with Crippen LogP contribution in [0.2, 0.25) is 10.0 Å². The van der Waals surface area contributed by atoms with Crippen LogP contribution in [0.1, 0.15) is 11.7 Å². The van der Waals surface area contributed by atoms with Crippen LogP contribution in [0.15, 0.2) is 16.6 Å². The topological polar surface area (TPSA) is 20.2 Å². The molecule has 0 spiro atoms. The fraction of sp³-hybridized carbons (Fsp3) is 0.250. The third-order valence-corrected chi connectivity index (χ3v) is 3.29. The molecule has 15 heavy (non-hydrogen) atoms. The van der Waals surface area contributed by atoms with Crippen molar-refractivity contribution in [1.82, 2.24) is 0 Å². The second-order valence-electron chi connectivity index (χ2n) is 2.74. The Labute approximate surface area is 102 Å². The van der Waals surface area contributed by atoms with Crippen molar-refractivity contribution in [3.05, 3.63) is 32.2 Å². The van der Waals surface area contributed by atoms with Gasteiger partial charge in [-0.2, -0.15) is 13.2 Å². The molecule has 1 nitrogen and oxygen atoms in total. The zero-order valence-electron chi connectivity index (χ0n) is 6.95. The van der Waals surface area contributed by atoms with Gasteiger partial charge in [-0.1, -0.05) is 23.2 Å². The minimum Gasteiger partial charge on any atom is -0.379 e. The van der Waals surface area contributed by atoms with Gasteiger partial charge < -0.3 is 5.11 Å². The van der Waals surface area contributed by atoms with Gasteiger partial charge in [-0.05, 0) is 33.6 Å². The maximum absolute atomic E-state index is 12.2. The molecular formula is C8H4BrCl2F3O. The zero-order chi connectivity index (χ0) is 11.8. The Morgan fingerprint density at radius 3 is 2.20 bits per heavy atom. The van der Waals surface area contributed by atoms with Crippen molar-refractivity contribution in [2.45, 2.75) is 12.3 Å². The molecule has 0 aromatic heterocycles. The molecule has 7 heteroatoms. The highest BCUT2D eigenvalue weighted by Crippen LogP contribution is 2.38. The molecule has 0 aliphatic heterocycles. The summed E-state index contributed by atoms with van der Waals surface area (Å²) >= 11 is 14.1. The molecule has 0 aliphatic carbocycles. The molecule has 0 unspecified atom stereocenters. The van der Waals surface area contributed by atoms with Crippen LogP contribution >= 0.6 is 39.1 Å².